The third-order valence-electron chi connectivity index (χ3n) is 4.40. The van der Waals surface area contributed by atoms with Gasteiger partial charge in [-0.05, 0) is 36.8 Å². The Balaban J connectivity index is 1.55. The van der Waals surface area contributed by atoms with Crippen molar-refractivity contribution in [2.24, 2.45) is 0 Å². The van der Waals surface area contributed by atoms with E-state index in [0.717, 1.165) is 17.4 Å². The summed E-state index contributed by atoms with van der Waals surface area (Å²) in [6, 6.07) is 12.5. The first kappa shape index (κ1) is 22.6. The fourth-order valence-electron chi connectivity index (χ4n) is 2.68. The number of hydrogen-bond donors (Lipinski definition) is 1. The molecule has 11 heteroatoms. The van der Waals surface area contributed by atoms with Crippen LogP contribution in [0.25, 0.3) is 0 Å². The van der Waals surface area contributed by atoms with E-state index in [0.29, 0.717) is 0 Å². The average molecular weight is 464 g/mol. The van der Waals surface area contributed by atoms with Crippen molar-refractivity contribution in [1.82, 2.24) is 10.2 Å². The van der Waals surface area contributed by atoms with Crippen LogP contribution in [-0.4, -0.2) is 44.9 Å². The smallest absolute Gasteiger partial charge is 0.322 e. The molecule has 0 spiro atoms. The quantitative estimate of drug-likeness (QED) is 0.537. The van der Waals surface area contributed by atoms with Gasteiger partial charge in [0.15, 0.2) is 19.7 Å². The maximum Gasteiger partial charge on any atom is 0.322 e. The van der Waals surface area contributed by atoms with Gasteiger partial charge in [-0.25, -0.2) is 16.8 Å². The van der Waals surface area contributed by atoms with Gasteiger partial charge in [-0.1, -0.05) is 34.9 Å². The van der Waals surface area contributed by atoms with Gasteiger partial charge in [0.2, 0.25) is 11.8 Å². The van der Waals surface area contributed by atoms with Crippen molar-refractivity contribution in [1.29, 1.82) is 0 Å². The third-order valence-corrected chi connectivity index (χ3v) is 7.26. The summed E-state index contributed by atoms with van der Waals surface area (Å²) in [4.78, 5) is 12.4. The highest BCUT2D eigenvalue weighted by Gasteiger charge is 2.18. The first-order valence-corrected chi connectivity index (χ1v) is 12.8. The van der Waals surface area contributed by atoms with E-state index in [4.69, 9.17) is 4.42 Å². The van der Waals surface area contributed by atoms with E-state index in [1.54, 1.807) is 24.3 Å². The van der Waals surface area contributed by atoms with E-state index in [9.17, 15) is 21.6 Å². The summed E-state index contributed by atoms with van der Waals surface area (Å²) >= 11 is 0. The molecule has 0 saturated heterocycles. The predicted molar refractivity (Wildman–Crippen MR) is 113 cm³/mol. The zero-order chi connectivity index (χ0) is 22.6. The van der Waals surface area contributed by atoms with Crippen LogP contribution < -0.4 is 5.32 Å². The Morgan fingerprint density at radius 1 is 0.935 bits per heavy atom. The van der Waals surface area contributed by atoms with Crippen molar-refractivity contribution in [2.75, 3.05) is 17.3 Å². The second kappa shape index (κ2) is 8.98. The monoisotopic (exact) mass is 463 g/mol. The van der Waals surface area contributed by atoms with Gasteiger partial charge in [0.05, 0.1) is 22.0 Å². The Labute approximate surface area is 180 Å². The number of carbonyl (C=O) groups is 1. The van der Waals surface area contributed by atoms with E-state index >= 15 is 0 Å². The second-order valence-electron chi connectivity index (χ2n) is 7.02. The Morgan fingerprint density at radius 2 is 1.55 bits per heavy atom. The average Bonchev–Trinajstić information content (AvgIpc) is 3.13. The normalized spacial score (nSPS) is 11.9. The molecule has 9 nitrogen and oxygen atoms in total. The van der Waals surface area contributed by atoms with E-state index in [-0.39, 0.29) is 40.3 Å². The summed E-state index contributed by atoms with van der Waals surface area (Å²) in [6.07, 6.45) is 1.11. The number of aryl methyl sites for hydroxylation is 1. The minimum Gasteiger partial charge on any atom is -0.407 e. The van der Waals surface area contributed by atoms with Crippen molar-refractivity contribution < 1.29 is 26.0 Å². The third kappa shape index (κ3) is 6.22. The van der Waals surface area contributed by atoms with Gasteiger partial charge in [-0.3, -0.25) is 10.1 Å². The maximum atomic E-state index is 12.3. The molecule has 2 aromatic carbocycles. The van der Waals surface area contributed by atoms with E-state index < -0.39 is 25.6 Å². The molecule has 1 aromatic heterocycles. The number of rotatable bonds is 8. The molecule has 164 valence electrons. The molecule has 31 heavy (non-hydrogen) atoms. The molecule has 1 N–H and O–H groups in total. The fourth-order valence-corrected chi connectivity index (χ4v) is 4.55. The lowest BCUT2D eigenvalue weighted by Crippen LogP contribution is -2.17. The molecular formula is C20H21N3O6S2. The molecule has 3 rings (SSSR count). The highest BCUT2D eigenvalue weighted by molar-refractivity contribution is 7.91. The molecule has 1 amide bonds. The lowest BCUT2D eigenvalue weighted by atomic mass is 10.1. The minimum atomic E-state index is -3.58. The molecular weight excluding hydrogens is 442 g/mol. The molecule has 0 fully saturated rings. The van der Waals surface area contributed by atoms with Crippen LogP contribution >= 0.6 is 0 Å². The van der Waals surface area contributed by atoms with Gasteiger partial charge in [0, 0.05) is 12.7 Å². The van der Waals surface area contributed by atoms with Gasteiger partial charge < -0.3 is 4.42 Å². The molecule has 0 aliphatic rings. The van der Waals surface area contributed by atoms with Crippen LogP contribution in [0.5, 0.6) is 0 Å². The number of nitrogens with one attached hydrogen (secondary N) is 1. The first-order chi connectivity index (χ1) is 14.5. The summed E-state index contributed by atoms with van der Waals surface area (Å²) in [7, 11) is -6.86. The van der Waals surface area contributed by atoms with Crippen molar-refractivity contribution in [3.63, 3.8) is 0 Å². The van der Waals surface area contributed by atoms with Gasteiger partial charge in [-0.15, -0.1) is 5.10 Å². The fraction of sp³-hybridized carbons (Fsp3) is 0.250. The second-order valence-corrected chi connectivity index (χ2v) is 11.1. The van der Waals surface area contributed by atoms with Crippen LogP contribution in [0.4, 0.5) is 6.01 Å². The molecule has 1 heterocycles. The summed E-state index contributed by atoms with van der Waals surface area (Å²) in [5.41, 5.74) is 1.69. The number of nitrogens with zero attached hydrogens (tertiary/aromatic N) is 2. The topological polar surface area (TPSA) is 136 Å². The molecule has 0 atom stereocenters. The number of sulfone groups is 2. The van der Waals surface area contributed by atoms with Crippen molar-refractivity contribution >= 4 is 31.6 Å². The summed E-state index contributed by atoms with van der Waals surface area (Å²) in [5, 5.41) is 9.95. The highest BCUT2D eigenvalue weighted by Crippen LogP contribution is 2.16. The van der Waals surface area contributed by atoms with Crippen LogP contribution in [0.1, 0.15) is 23.4 Å². The Bertz CT molecular complexity index is 1280. The number of hydrogen-bond acceptors (Lipinski definition) is 8. The lowest BCUT2D eigenvalue weighted by molar-refractivity contribution is -0.116. The van der Waals surface area contributed by atoms with Gasteiger partial charge in [-0.2, -0.15) is 0 Å². The van der Waals surface area contributed by atoms with Gasteiger partial charge in [0.25, 0.3) is 0 Å². The lowest BCUT2D eigenvalue weighted by Gasteiger charge is -2.04. The van der Waals surface area contributed by atoms with E-state index in [1.807, 2.05) is 6.92 Å². The molecule has 0 radical (unpaired) electrons. The Morgan fingerprint density at radius 3 is 2.16 bits per heavy atom. The van der Waals surface area contributed by atoms with E-state index in [2.05, 4.69) is 15.5 Å². The predicted octanol–water partition coefficient (Wildman–Crippen LogP) is 2.17. The van der Waals surface area contributed by atoms with Gasteiger partial charge >= 0.3 is 6.01 Å². The zero-order valence-corrected chi connectivity index (χ0v) is 18.5. The summed E-state index contributed by atoms with van der Waals surface area (Å²) in [5.74, 6) is -0.701. The van der Waals surface area contributed by atoms with Crippen LogP contribution in [-0.2, 0) is 30.9 Å². The number of carbonyl (C=O) groups excluding carboxylic acids is 1. The Kier molecular flexibility index (Phi) is 6.56. The van der Waals surface area contributed by atoms with E-state index in [1.165, 1.54) is 24.3 Å². The van der Waals surface area contributed by atoms with Crippen molar-refractivity contribution in [3.05, 3.63) is 65.5 Å². The Hall–Kier alpha value is -3.05. The highest BCUT2D eigenvalue weighted by atomic mass is 32.2. The van der Waals surface area contributed by atoms with Crippen molar-refractivity contribution in [3.8, 4) is 0 Å². The molecule has 0 saturated carbocycles. The maximum absolute atomic E-state index is 12.3. The molecule has 0 aliphatic carbocycles. The van der Waals surface area contributed by atoms with Crippen LogP contribution in [0.3, 0.4) is 0 Å². The van der Waals surface area contributed by atoms with Crippen LogP contribution in [0.2, 0.25) is 0 Å². The number of aromatic nitrogens is 2. The summed E-state index contributed by atoms with van der Waals surface area (Å²) < 4.78 is 53.0. The minimum absolute atomic E-state index is 0.138. The summed E-state index contributed by atoms with van der Waals surface area (Å²) in [6.45, 7) is 1.85. The zero-order valence-electron chi connectivity index (χ0n) is 16.9. The number of benzene rings is 2. The molecule has 0 aliphatic heterocycles. The van der Waals surface area contributed by atoms with Crippen LogP contribution in [0.15, 0.2) is 62.7 Å². The number of anilines is 1. The first-order valence-electron chi connectivity index (χ1n) is 9.23. The standard InChI is InChI=1S/C20H21N3O6S2/c1-14-3-7-17(8-4-14)31(27,28)12-11-18(24)21-20-23-22-19(29-20)13-15-5-9-16(10-6-15)30(2,25)26/h3-10H,11-13H2,1-2H3,(H,21,23,24). The molecule has 0 unspecified atom stereocenters. The largest absolute Gasteiger partial charge is 0.407 e. The van der Waals surface area contributed by atoms with Crippen molar-refractivity contribution in [2.45, 2.75) is 29.6 Å². The van der Waals surface area contributed by atoms with Crippen LogP contribution in [0, 0.1) is 6.92 Å². The SMILES string of the molecule is Cc1ccc(S(=O)(=O)CCC(=O)Nc2nnc(Cc3ccc(S(C)(=O)=O)cc3)o2)cc1. The molecule has 0 bridgehead atoms. The number of amides is 1. The molecule has 3 aromatic rings. The van der Waals surface area contributed by atoms with Gasteiger partial charge in [0.1, 0.15) is 0 Å².